The standard InChI is InChI=1S/C18H12BrClF4N4S/c19-12-9-28(8-10-13(20)5-3-6-14(10)21)27-16(12)26-17(29)25-15-7-2-1-4-11(15)18(22,23)24/h1-7,9H,8H2,(H2,25,26,27,29). The molecule has 3 rings (SSSR count). The van der Waals surface area contributed by atoms with Crippen LogP contribution in [0.15, 0.2) is 53.1 Å². The minimum atomic E-state index is -4.53. The molecule has 0 amide bonds. The second-order valence-electron chi connectivity index (χ2n) is 5.85. The van der Waals surface area contributed by atoms with Crippen molar-refractivity contribution in [3.8, 4) is 0 Å². The first-order valence-corrected chi connectivity index (χ1v) is 9.63. The predicted molar refractivity (Wildman–Crippen MR) is 112 cm³/mol. The van der Waals surface area contributed by atoms with Crippen molar-refractivity contribution in [1.29, 1.82) is 0 Å². The van der Waals surface area contributed by atoms with Gasteiger partial charge in [-0.05, 0) is 52.4 Å². The summed E-state index contributed by atoms with van der Waals surface area (Å²) in [6, 6.07) is 9.32. The van der Waals surface area contributed by atoms with Crippen molar-refractivity contribution in [2.24, 2.45) is 0 Å². The molecular formula is C18H12BrClF4N4S. The Morgan fingerprint density at radius 1 is 1.14 bits per heavy atom. The van der Waals surface area contributed by atoms with E-state index in [1.165, 1.54) is 35.0 Å². The molecule has 3 aromatic rings. The smallest absolute Gasteiger partial charge is 0.332 e. The Morgan fingerprint density at radius 3 is 2.55 bits per heavy atom. The van der Waals surface area contributed by atoms with Gasteiger partial charge in [0, 0.05) is 16.8 Å². The van der Waals surface area contributed by atoms with Crippen LogP contribution in [0.4, 0.5) is 29.1 Å². The van der Waals surface area contributed by atoms with Crippen molar-refractivity contribution in [2.75, 3.05) is 10.6 Å². The molecule has 4 nitrogen and oxygen atoms in total. The van der Waals surface area contributed by atoms with Crippen molar-refractivity contribution >= 4 is 56.4 Å². The van der Waals surface area contributed by atoms with Gasteiger partial charge in [0.25, 0.3) is 0 Å². The molecule has 0 atom stereocenters. The first kappa shape index (κ1) is 21.5. The highest BCUT2D eigenvalue weighted by Crippen LogP contribution is 2.34. The van der Waals surface area contributed by atoms with Crippen molar-refractivity contribution in [3.63, 3.8) is 0 Å². The number of hydrogen-bond donors (Lipinski definition) is 2. The third kappa shape index (κ3) is 5.26. The topological polar surface area (TPSA) is 41.9 Å². The zero-order valence-electron chi connectivity index (χ0n) is 14.4. The molecule has 0 aliphatic heterocycles. The van der Waals surface area contributed by atoms with Crippen LogP contribution in [0, 0.1) is 5.82 Å². The molecule has 0 fully saturated rings. The Kier molecular flexibility index (Phi) is 6.45. The number of aromatic nitrogens is 2. The maximum atomic E-state index is 14.0. The summed E-state index contributed by atoms with van der Waals surface area (Å²) in [5, 5.41) is 9.63. The number of hydrogen-bond acceptors (Lipinski definition) is 2. The van der Waals surface area contributed by atoms with Crippen molar-refractivity contribution in [1.82, 2.24) is 9.78 Å². The van der Waals surface area contributed by atoms with Gasteiger partial charge in [-0.25, -0.2) is 4.39 Å². The molecule has 0 aliphatic rings. The van der Waals surface area contributed by atoms with Gasteiger partial charge in [0.05, 0.1) is 22.3 Å². The van der Waals surface area contributed by atoms with Gasteiger partial charge < -0.3 is 10.6 Å². The Labute approximate surface area is 182 Å². The maximum Gasteiger partial charge on any atom is 0.418 e. The lowest BCUT2D eigenvalue weighted by Gasteiger charge is -2.15. The van der Waals surface area contributed by atoms with Crippen LogP contribution in [0.3, 0.4) is 0 Å². The maximum absolute atomic E-state index is 14.0. The number of nitrogens with zero attached hydrogens (tertiary/aromatic N) is 2. The molecule has 2 N–H and O–H groups in total. The molecule has 29 heavy (non-hydrogen) atoms. The van der Waals surface area contributed by atoms with Gasteiger partial charge >= 0.3 is 6.18 Å². The lowest BCUT2D eigenvalue weighted by Crippen LogP contribution is -2.22. The zero-order chi connectivity index (χ0) is 21.2. The molecule has 1 heterocycles. The van der Waals surface area contributed by atoms with E-state index in [1.807, 2.05) is 0 Å². The van der Waals surface area contributed by atoms with Crippen molar-refractivity contribution in [2.45, 2.75) is 12.7 Å². The number of alkyl halides is 3. The van der Waals surface area contributed by atoms with E-state index in [0.717, 1.165) is 6.07 Å². The van der Waals surface area contributed by atoms with Crippen LogP contribution in [0.5, 0.6) is 0 Å². The second kappa shape index (κ2) is 8.68. The van der Waals surface area contributed by atoms with Gasteiger partial charge in [-0.3, -0.25) is 4.68 Å². The molecule has 2 aromatic carbocycles. The van der Waals surface area contributed by atoms with E-state index < -0.39 is 17.6 Å². The predicted octanol–water partition coefficient (Wildman–Crippen LogP) is 6.31. The average molecular weight is 508 g/mol. The molecule has 0 saturated heterocycles. The molecular weight excluding hydrogens is 496 g/mol. The molecule has 0 bridgehead atoms. The second-order valence-corrected chi connectivity index (χ2v) is 7.52. The Morgan fingerprint density at radius 2 is 1.86 bits per heavy atom. The first-order chi connectivity index (χ1) is 13.6. The highest BCUT2D eigenvalue weighted by molar-refractivity contribution is 9.10. The van der Waals surface area contributed by atoms with Crippen LogP contribution in [0.25, 0.3) is 0 Å². The molecule has 0 radical (unpaired) electrons. The molecule has 0 spiro atoms. The Balaban J connectivity index is 1.74. The highest BCUT2D eigenvalue weighted by atomic mass is 79.9. The SMILES string of the molecule is Fc1cccc(Cl)c1Cn1cc(Br)c(NC(=S)Nc2ccccc2C(F)(F)F)n1. The molecule has 152 valence electrons. The average Bonchev–Trinajstić information content (AvgIpc) is 2.97. The number of rotatable bonds is 4. The van der Waals surface area contributed by atoms with E-state index in [2.05, 4.69) is 31.7 Å². The summed E-state index contributed by atoms with van der Waals surface area (Å²) in [4.78, 5) is 0. The van der Waals surface area contributed by atoms with Gasteiger partial charge in [-0.15, -0.1) is 0 Å². The van der Waals surface area contributed by atoms with Crippen molar-refractivity contribution in [3.05, 3.63) is 75.1 Å². The van der Waals surface area contributed by atoms with Gasteiger partial charge in [-0.1, -0.05) is 29.8 Å². The summed E-state index contributed by atoms with van der Waals surface area (Å²) in [5.41, 5.74) is -0.773. The van der Waals surface area contributed by atoms with E-state index in [-0.39, 0.29) is 33.7 Å². The summed E-state index contributed by atoms with van der Waals surface area (Å²) in [7, 11) is 0. The molecule has 0 saturated carbocycles. The van der Waals surface area contributed by atoms with E-state index in [9.17, 15) is 17.6 Å². The minimum absolute atomic E-state index is 0.0584. The highest BCUT2D eigenvalue weighted by Gasteiger charge is 2.33. The lowest BCUT2D eigenvalue weighted by molar-refractivity contribution is -0.136. The van der Waals surface area contributed by atoms with Crippen LogP contribution in [0.2, 0.25) is 5.02 Å². The van der Waals surface area contributed by atoms with E-state index in [4.69, 9.17) is 23.8 Å². The Hall–Kier alpha value is -2.17. The molecule has 0 unspecified atom stereocenters. The third-order valence-electron chi connectivity index (χ3n) is 3.81. The fraction of sp³-hybridized carbons (Fsp3) is 0.111. The van der Waals surface area contributed by atoms with Crippen molar-refractivity contribution < 1.29 is 17.6 Å². The van der Waals surface area contributed by atoms with E-state index in [0.29, 0.717) is 4.47 Å². The van der Waals surface area contributed by atoms with Crippen LogP contribution in [0.1, 0.15) is 11.1 Å². The summed E-state index contributed by atoms with van der Waals surface area (Å²) < 4.78 is 55.1. The summed E-state index contributed by atoms with van der Waals surface area (Å²) in [5.74, 6) is -0.223. The van der Waals surface area contributed by atoms with Gasteiger partial charge in [0.2, 0.25) is 0 Å². The van der Waals surface area contributed by atoms with Gasteiger partial charge in [0.15, 0.2) is 10.9 Å². The summed E-state index contributed by atoms with van der Waals surface area (Å²) >= 11 is 14.4. The fourth-order valence-electron chi connectivity index (χ4n) is 2.51. The number of halogens is 6. The third-order valence-corrected chi connectivity index (χ3v) is 4.95. The van der Waals surface area contributed by atoms with Gasteiger partial charge in [-0.2, -0.15) is 18.3 Å². The van der Waals surface area contributed by atoms with E-state index >= 15 is 0 Å². The minimum Gasteiger partial charge on any atom is -0.332 e. The first-order valence-electron chi connectivity index (χ1n) is 8.05. The number of para-hydroxylation sites is 1. The zero-order valence-corrected chi connectivity index (χ0v) is 17.6. The fourth-order valence-corrected chi connectivity index (χ4v) is 3.35. The largest absolute Gasteiger partial charge is 0.418 e. The number of anilines is 2. The molecule has 1 aromatic heterocycles. The number of thiocarbonyl (C=S) groups is 1. The molecule has 0 aliphatic carbocycles. The number of benzene rings is 2. The Bertz CT molecular complexity index is 1030. The van der Waals surface area contributed by atoms with Crippen LogP contribution in [-0.2, 0) is 12.7 Å². The normalized spacial score (nSPS) is 11.4. The van der Waals surface area contributed by atoms with Crippen LogP contribution in [-0.4, -0.2) is 14.9 Å². The quantitative estimate of drug-likeness (QED) is 0.321. The lowest BCUT2D eigenvalue weighted by atomic mass is 10.2. The number of nitrogens with one attached hydrogen (secondary N) is 2. The van der Waals surface area contributed by atoms with Crippen LogP contribution >= 0.6 is 39.7 Å². The monoisotopic (exact) mass is 506 g/mol. The summed E-state index contributed by atoms with van der Waals surface area (Å²) in [6.45, 7) is 0.0584. The molecule has 11 heteroatoms. The van der Waals surface area contributed by atoms with Crippen LogP contribution < -0.4 is 10.6 Å². The van der Waals surface area contributed by atoms with E-state index in [1.54, 1.807) is 12.3 Å². The summed E-state index contributed by atoms with van der Waals surface area (Å²) in [6.07, 6.45) is -2.96. The van der Waals surface area contributed by atoms with Gasteiger partial charge in [0.1, 0.15) is 5.82 Å².